The second-order valence-corrected chi connectivity index (χ2v) is 10.8. The maximum Gasteiger partial charge on any atom is 0.319 e. The van der Waals surface area contributed by atoms with Gasteiger partial charge in [0.15, 0.2) is 11.0 Å². The van der Waals surface area contributed by atoms with Crippen molar-refractivity contribution in [2.24, 2.45) is 0 Å². The molecule has 2 amide bonds. The molecule has 0 aliphatic carbocycles. The lowest BCUT2D eigenvalue weighted by atomic mass is 10.1. The molecule has 0 bridgehead atoms. The molecular weight excluding hydrogens is 533 g/mol. The van der Waals surface area contributed by atoms with Crippen molar-refractivity contribution in [3.05, 3.63) is 137 Å². The number of carbonyl (C=O) groups excluding carboxylic acids is 1. The number of urea groups is 1. The molecule has 0 fully saturated rings. The molecule has 0 spiro atoms. The molecule has 1 unspecified atom stereocenters. The summed E-state index contributed by atoms with van der Waals surface area (Å²) in [6, 6.07) is 31.7. The summed E-state index contributed by atoms with van der Waals surface area (Å²) in [5, 5.41) is 16.0. The number of aryl methyl sites for hydroxylation is 2. The topological polar surface area (TPSA) is 71.8 Å². The van der Waals surface area contributed by atoms with Crippen LogP contribution >= 0.6 is 11.8 Å². The van der Waals surface area contributed by atoms with E-state index in [1.807, 2.05) is 90.4 Å². The first kappa shape index (κ1) is 28.1. The van der Waals surface area contributed by atoms with Gasteiger partial charge in [0.2, 0.25) is 0 Å². The Morgan fingerprint density at radius 3 is 2.34 bits per heavy atom. The molecule has 1 aromatic heterocycles. The number of halogens is 1. The van der Waals surface area contributed by atoms with Crippen LogP contribution in [-0.2, 0) is 18.6 Å². The lowest BCUT2D eigenvalue weighted by molar-refractivity contribution is 0.247. The van der Waals surface area contributed by atoms with E-state index in [0.29, 0.717) is 23.2 Å². The molecule has 1 heterocycles. The largest absolute Gasteiger partial charge is 0.327 e. The van der Waals surface area contributed by atoms with Crippen molar-refractivity contribution in [3.8, 4) is 5.69 Å². The number of amides is 2. The number of nitrogens with zero attached hydrogens (tertiary/aromatic N) is 3. The number of benzene rings is 4. The van der Waals surface area contributed by atoms with Crippen LogP contribution in [0.2, 0.25) is 0 Å². The van der Waals surface area contributed by atoms with Gasteiger partial charge in [0.25, 0.3) is 0 Å². The first-order chi connectivity index (χ1) is 20.0. The van der Waals surface area contributed by atoms with E-state index in [0.717, 1.165) is 40.0 Å². The highest BCUT2D eigenvalue weighted by atomic mass is 32.2. The van der Waals surface area contributed by atoms with E-state index in [1.54, 1.807) is 12.1 Å². The van der Waals surface area contributed by atoms with Crippen LogP contribution in [-0.4, -0.2) is 20.8 Å². The van der Waals surface area contributed by atoms with Gasteiger partial charge in [-0.2, -0.15) is 0 Å². The quantitative estimate of drug-likeness (QED) is 0.170. The van der Waals surface area contributed by atoms with Crippen molar-refractivity contribution in [1.29, 1.82) is 0 Å². The Morgan fingerprint density at radius 1 is 0.878 bits per heavy atom. The summed E-state index contributed by atoms with van der Waals surface area (Å²) in [7, 11) is 0. The molecular formula is C33H32FN5OS. The molecule has 0 aliphatic heterocycles. The third-order valence-electron chi connectivity index (χ3n) is 6.72. The van der Waals surface area contributed by atoms with Gasteiger partial charge < -0.3 is 10.6 Å². The minimum absolute atomic E-state index is 0.265. The highest BCUT2D eigenvalue weighted by Gasteiger charge is 2.25. The van der Waals surface area contributed by atoms with Crippen LogP contribution in [0, 0.1) is 12.7 Å². The molecule has 5 rings (SSSR count). The van der Waals surface area contributed by atoms with Gasteiger partial charge in [0.05, 0.1) is 6.04 Å². The minimum atomic E-state index is -0.472. The number of thioether (sulfide) groups is 1. The average molecular weight is 566 g/mol. The normalized spacial score (nSPS) is 11.7. The van der Waals surface area contributed by atoms with Crippen molar-refractivity contribution >= 4 is 23.5 Å². The Morgan fingerprint density at radius 2 is 1.61 bits per heavy atom. The molecule has 2 N–H and O–H groups in total. The second-order valence-electron chi connectivity index (χ2n) is 9.82. The van der Waals surface area contributed by atoms with E-state index in [2.05, 4.69) is 27.8 Å². The van der Waals surface area contributed by atoms with Crippen molar-refractivity contribution in [2.75, 3.05) is 5.32 Å². The van der Waals surface area contributed by atoms with E-state index in [9.17, 15) is 9.18 Å². The first-order valence-electron chi connectivity index (χ1n) is 13.6. The summed E-state index contributed by atoms with van der Waals surface area (Å²) in [6.45, 7) is 4.12. The molecule has 1 atom stereocenters. The van der Waals surface area contributed by atoms with Crippen LogP contribution in [0.4, 0.5) is 14.9 Å². The van der Waals surface area contributed by atoms with Gasteiger partial charge in [-0.15, -0.1) is 10.2 Å². The standard InChI is InChI=1S/C33H32FN5OS/c1-3-24-10-7-11-28(20-24)35-32(40)36-30(21-25-8-5-4-6-9-25)31-37-38-33(39(31)29-18-12-23(2)13-19-29)41-22-26-14-16-27(34)17-15-26/h4-20,30H,3,21-22H2,1-2H3,(H2,35,36,40). The Kier molecular flexibility index (Phi) is 9.11. The lowest BCUT2D eigenvalue weighted by Gasteiger charge is -2.21. The summed E-state index contributed by atoms with van der Waals surface area (Å²) in [6.07, 6.45) is 1.40. The van der Waals surface area contributed by atoms with Gasteiger partial charge in [-0.25, -0.2) is 9.18 Å². The Hall–Kier alpha value is -4.43. The third kappa shape index (κ3) is 7.41. The SMILES string of the molecule is CCc1cccc(NC(=O)NC(Cc2ccccc2)c2nnc(SCc3ccc(F)cc3)n2-c2ccc(C)cc2)c1. The van der Waals surface area contributed by atoms with Crippen LogP contribution in [0.3, 0.4) is 0 Å². The van der Waals surface area contributed by atoms with Crippen LogP contribution < -0.4 is 10.6 Å². The number of hydrogen-bond acceptors (Lipinski definition) is 4. The van der Waals surface area contributed by atoms with E-state index < -0.39 is 6.04 Å². The third-order valence-corrected chi connectivity index (χ3v) is 7.72. The molecule has 5 aromatic rings. The zero-order valence-corrected chi connectivity index (χ0v) is 23.9. The molecule has 6 nitrogen and oxygen atoms in total. The molecule has 0 radical (unpaired) electrons. The number of rotatable bonds is 10. The molecule has 208 valence electrons. The van der Waals surface area contributed by atoms with E-state index >= 15 is 0 Å². The average Bonchev–Trinajstić information content (AvgIpc) is 3.41. The summed E-state index contributed by atoms with van der Waals surface area (Å²) in [5.41, 5.74) is 5.94. The van der Waals surface area contributed by atoms with E-state index in [1.165, 1.54) is 23.9 Å². The Bertz CT molecular complexity index is 1590. The highest BCUT2D eigenvalue weighted by Crippen LogP contribution is 2.29. The first-order valence-corrected chi connectivity index (χ1v) is 14.6. The minimum Gasteiger partial charge on any atom is -0.327 e. The summed E-state index contributed by atoms with van der Waals surface area (Å²) in [4.78, 5) is 13.3. The number of nitrogens with one attached hydrogen (secondary N) is 2. The number of anilines is 1. The van der Waals surface area contributed by atoms with Crippen molar-refractivity contribution in [3.63, 3.8) is 0 Å². The maximum atomic E-state index is 13.4. The van der Waals surface area contributed by atoms with Crippen LogP contribution in [0.5, 0.6) is 0 Å². The van der Waals surface area contributed by atoms with Gasteiger partial charge in [0.1, 0.15) is 5.82 Å². The second kappa shape index (κ2) is 13.3. The predicted octanol–water partition coefficient (Wildman–Crippen LogP) is 7.68. The van der Waals surface area contributed by atoms with Gasteiger partial charge in [0, 0.05) is 23.5 Å². The predicted molar refractivity (Wildman–Crippen MR) is 163 cm³/mol. The Balaban J connectivity index is 1.48. The maximum absolute atomic E-state index is 13.4. The smallest absolute Gasteiger partial charge is 0.319 e. The van der Waals surface area contributed by atoms with Gasteiger partial charge in [-0.3, -0.25) is 4.57 Å². The molecule has 0 saturated carbocycles. The van der Waals surface area contributed by atoms with Gasteiger partial charge in [-0.05, 0) is 66.4 Å². The molecule has 41 heavy (non-hydrogen) atoms. The highest BCUT2D eigenvalue weighted by molar-refractivity contribution is 7.98. The number of carbonyl (C=O) groups is 1. The summed E-state index contributed by atoms with van der Waals surface area (Å²) >= 11 is 1.51. The van der Waals surface area contributed by atoms with Crippen LogP contribution in [0.25, 0.3) is 5.69 Å². The summed E-state index contributed by atoms with van der Waals surface area (Å²) < 4.78 is 15.4. The fourth-order valence-electron chi connectivity index (χ4n) is 4.52. The molecule has 0 aliphatic rings. The number of hydrogen-bond donors (Lipinski definition) is 2. The van der Waals surface area contributed by atoms with Crippen LogP contribution in [0.15, 0.2) is 108 Å². The fourth-order valence-corrected chi connectivity index (χ4v) is 5.43. The van der Waals surface area contributed by atoms with Crippen molar-refractivity contribution < 1.29 is 9.18 Å². The van der Waals surface area contributed by atoms with E-state index in [-0.39, 0.29) is 11.8 Å². The van der Waals surface area contributed by atoms with Gasteiger partial charge in [-0.1, -0.05) is 91.0 Å². The van der Waals surface area contributed by atoms with E-state index in [4.69, 9.17) is 0 Å². The fraction of sp³-hybridized carbons (Fsp3) is 0.182. The molecule has 0 saturated heterocycles. The lowest BCUT2D eigenvalue weighted by Crippen LogP contribution is -2.35. The van der Waals surface area contributed by atoms with Crippen molar-refractivity contribution in [1.82, 2.24) is 20.1 Å². The van der Waals surface area contributed by atoms with Crippen LogP contribution in [0.1, 0.15) is 41.0 Å². The Labute approximate surface area is 244 Å². The van der Waals surface area contributed by atoms with Crippen molar-refractivity contribution in [2.45, 2.75) is 43.6 Å². The zero-order valence-electron chi connectivity index (χ0n) is 23.0. The zero-order chi connectivity index (χ0) is 28.6. The molecule has 4 aromatic carbocycles. The summed E-state index contributed by atoms with van der Waals surface area (Å²) in [5.74, 6) is 0.949. The molecule has 8 heteroatoms. The number of aromatic nitrogens is 3. The van der Waals surface area contributed by atoms with Gasteiger partial charge >= 0.3 is 6.03 Å². The monoisotopic (exact) mass is 565 g/mol.